The molecule has 1 aromatic rings. The second-order valence-electron chi connectivity index (χ2n) is 5.18. The van der Waals surface area contributed by atoms with Gasteiger partial charge in [0.05, 0.1) is 0 Å². The Balaban J connectivity index is 2.20. The Morgan fingerprint density at radius 1 is 1.19 bits per heavy atom. The Hall–Kier alpha value is -2.04. The molecule has 0 heterocycles. The van der Waals surface area contributed by atoms with Crippen LogP contribution in [0.1, 0.15) is 38.7 Å². The Morgan fingerprint density at radius 3 is 2.57 bits per heavy atom. The minimum Gasteiger partial charge on any atom is -0.399 e. The van der Waals surface area contributed by atoms with Gasteiger partial charge >= 0.3 is 0 Å². The van der Waals surface area contributed by atoms with Crippen LogP contribution in [0.2, 0.25) is 0 Å². The van der Waals surface area contributed by atoms with E-state index >= 15 is 0 Å². The summed E-state index contributed by atoms with van der Waals surface area (Å²) in [6, 6.07) is 7.70. The maximum Gasteiger partial charge on any atom is 0.221 e. The molecule has 1 atom stereocenters. The maximum absolute atomic E-state index is 11.7. The number of nitrogen functional groups attached to an aromatic ring is 1. The highest BCUT2D eigenvalue weighted by atomic mass is 16.2. The Morgan fingerprint density at radius 2 is 1.90 bits per heavy atom. The van der Waals surface area contributed by atoms with Gasteiger partial charge in [-0.25, -0.2) is 0 Å². The molecule has 1 unspecified atom stereocenters. The third-order valence-electron chi connectivity index (χ3n) is 3.37. The van der Waals surface area contributed by atoms with Crippen LogP contribution in [0.4, 0.5) is 5.69 Å². The van der Waals surface area contributed by atoms with E-state index in [0.29, 0.717) is 31.5 Å². The van der Waals surface area contributed by atoms with Gasteiger partial charge in [0.15, 0.2) is 0 Å². The molecule has 0 aliphatic heterocycles. The number of nitrogens with one attached hydrogen (secondary N) is 2. The van der Waals surface area contributed by atoms with Crippen molar-refractivity contribution in [2.24, 2.45) is 0 Å². The van der Waals surface area contributed by atoms with Crippen molar-refractivity contribution >= 4 is 17.5 Å². The number of anilines is 1. The molecule has 0 saturated carbocycles. The molecule has 21 heavy (non-hydrogen) atoms. The Kier molecular flexibility index (Phi) is 7.29. The van der Waals surface area contributed by atoms with Gasteiger partial charge in [-0.3, -0.25) is 9.59 Å². The van der Waals surface area contributed by atoms with Crippen molar-refractivity contribution in [3.05, 3.63) is 29.8 Å². The summed E-state index contributed by atoms with van der Waals surface area (Å²) in [7, 11) is 0. The lowest BCUT2D eigenvalue weighted by Gasteiger charge is -2.11. The summed E-state index contributed by atoms with van der Waals surface area (Å²) in [5.41, 5.74) is 7.50. The number of aryl methyl sites for hydroxylation is 1. The first kappa shape index (κ1) is 17.0. The fraction of sp³-hybridized carbons (Fsp3) is 0.500. The fourth-order valence-electron chi connectivity index (χ4n) is 1.86. The van der Waals surface area contributed by atoms with Gasteiger partial charge in [-0.15, -0.1) is 0 Å². The van der Waals surface area contributed by atoms with Crippen LogP contribution in [0.25, 0.3) is 0 Å². The molecule has 0 radical (unpaired) electrons. The van der Waals surface area contributed by atoms with Crippen LogP contribution in [-0.4, -0.2) is 24.4 Å². The summed E-state index contributed by atoms with van der Waals surface area (Å²) >= 11 is 0. The first-order valence-electron chi connectivity index (χ1n) is 7.42. The molecule has 5 nitrogen and oxygen atoms in total. The molecule has 0 spiro atoms. The predicted octanol–water partition coefficient (Wildman–Crippen LogP) is 1.62. The monoisotopic (exact) mass is 291 g/mol. The van der Waals surface area contributed by atoms with Crippen molar-refractivity contribution < 1.29 is 9.59 Å². The van der Waals surface area contributed by atoms with Gasteiger partial charge in [-0.1, -0.05) is 25.1 Å². The molecule has 1 aromatic carbocycles. The van der Waals surface area contributed by atoms with Crippen molar-refractivity contribution in [1.29, 1.82) is 0 Å². The van der Waals surface area contributed by atoms with E-state index in [9.17, 15) is 9.59 Å². The first-order valence-corrected chi connectivity index (χ1v) is 7.42. The zero-order valence-electron chi connectivity index (χ0n) is 12.8. The van der Waals surface area contributed by atoms with E-state index in [0.717, 1.165) is 12.0 Å². The molecule has 1 rings (SSSR count). The molecule has 0 fully saturated rings. The number of nitrogens with two attached hydrogens (primary N) is 1. The van der Waals surface area contributed by atoms with E-state index in [1.165, 1.54) is 0 Å². The van der Waals surface area contributed by atoms with Gasteiger partial charge in [0.25, 0.3) is 0 Å². The topological polar surface area (TPSA) is 84.2 Å². The molecule has 0 aliphatic rings. The van der Waals surface area contributed by atoms with Crippen molar-refractivity contribution in [2.45, 2.75) is 45.6 Å². The standard InChI is InChI=1S/C16H25N3O2/c1-3-12(2)19-16(21)10-11-18-15(20)9-8-13-6-4-5-7-14(13)17/h4-7,12H,3,8-11,17H2,1-2H3,(H,18,20)(H,19,21). The number of carbonyl (C=O) groups excluding carboxylic acids is 2. The van der Waals surface area contributed by atoms with E-state index in [1.807, 2.05) is 38.1 Å². The number of rotatable bonds is 8. The van der Waals surface area contributed by atoms with E-state index in [4.69, 9.17) is 5.73 Å². The smallest absolute Gasteiger partial charge is 0.221 e. The SMILES string of the molecule is CCC(C)NC(=O)CCNC(=O)CCc1ccccc1N. The number of hydrogen-bond acceptors (Lipinski definition) is 3. The van der Waals surface area contributed by atoms with Gasteiger partial charge in [0.2, 0.25) is 11.8 Å². The highest BCUT2D eigenvalue weighted by Gasteiger charge is 2.07. The average molecular weight is 291 g/mol. The number of para-hydroxylation sites is 1. The zero-order valence-corrected chi connectivity index (χ0v) is 12.8. The molecular weight excluding hydrogens is 266 g/mol. The van der Waals surface area contributed by atoms with E-state index < -0.39 is 0 Å². The van der Waals surface area contributed by atoms with E-state index in [2.05, 4.69) is 10.6 Å². The summed E-state index contributed by atoms with van der Waals surface area (Å²) < 4.78 is 0. The highest BCUT2D eigenvalue weighted by molar-refractivity contribution is 5.79. The van der Waals surface area contributed by atoms with Crippen molar-refractivity contribution in [3.8, 4) is 0 Å². The van der Waals surface area contributed by atoms with Gasteiger partial charge in [0.1, 0.15) is 0 Å². The predicted molar refractivity (Wildman–Crippen MR) is 84.7 cm³/mol. The molecule has 5 heteroatoms. The molecular formula is C16H25N3O2. The quantitative estimate of drug-likeness (QED) is 0.636. The fourth-order valence-corrected chi connectivity index (χ4v) is 1.86. The number of amides is 2. The average Bonchev–Trinajstić information content (AvgIpc) is 2.46. The summed E-state index contributed by atoms with van der Waals surface area (Å²) in [5, 5.41) is 5.62. The number of benzene rings is 1. The third-order valence-corrected chi connectivity index (χ3v) is 3.37. The van der Waals surface area contributed by atoms with Crippen molar-refractivity contribution in [3.63, 3.8) is 0 Å². The molecule has 116 valence electrons. The summed E-state index contributed by atoms with van der Waals surface area (Å²) in [4.78, 5) is 23.2. The largest absolute Gasteiger partial charge is 0.399 e. The molecule has 4 N–H and O–H groups in total. The molecule has 0 saturated heterocycles. The highest BCUT2D eigenvalue weighted by Crippen LogP contribution is 2.12. The lowest BCUT2D eigenvalue weighted by molar-refractivity contribution is -0.122. The second kappa shape index (κ2) is 9.00. The summed E-state index contributed by atoms with van der Waals surface area (Å²) in [6.07, 6.45) is 2.19. The minimum absolute atomic E-state index is 0.0306. The molecule has 2 amide bonds. The van der Waals surface area contributed by atoms with Gasteiger partial charge in [-0.05, 0) is 31.4 Å². The summed E-state index contributed by atoms with van der Waals surface area (Å²) in [6.45, 7) is 4.34. The van der Waals surface area contributed by atoms with Crippen molar-refractivity contribution in [2.75, 3.05) is 12.3 Å². The molecule has 0 aliphatic carbocycles. The molecule has 0 aromatic heterocycles. The maximum atomic E-state index is 11.7. The van der Waals surface area contributed by atoms with Crippen molar-refractivity contribution in [1.82, 2.24) is 10.6 Å². The van der Waals surface area contributed by atoms with Crippen LogP contribution in [0.15, 0.2) is 24.3 Å². The van der Waals surface area contributed by atoms with E-state index in [1.54, 1.807) is 0 Å². The lowest BCUT2D eigenvalue weighted by Crippen LogP contribution is -2.35. The first-order chi connectivity index (χ1) is 10.0. The summed E-state index contributed by atoms with van der Waals surface area (Å²) in [5.74, 6) is -0.0912. The normalized spacial score (nSPS) is 11.7. The van der Waals surface area contributed by atoms with Gasteiger partial charge < -0.3 is 16.4 Å². The minimum atomic E-state index is -0.0606. The van der Waals surface area contributed by atoms with Gasteiger partial charge in [-0.2, -0.15) is 0 Å². The van der Waals surface area contributed by atoms with Crippen LogP contribution in [0, 0.1) is 0 Å². The van der Waals surface area contributed by atoms with Crippen LogP contribution >= 0.6 is 0 Å². The lowest BCUT2D eigenvalue weighted by atomic mass is 10.1. The van der Waals surface area contributed by atoms with Crippen LogP contribution < -0.4 is 16.4 Å². The third kappa shape index (κ3) is 6.79. The van der Waals surface area contributed by atoms with Crippen LogP contribution in [-0.2, 0) is 16.0 Å². The van der Waals surface area contributed by atoms with E-state index in [-0.39, 0.29) is 17.9 Å². The number of carbonyl (C=O) groups is 2. The Labute approximate surface area is 126 Å². The van der Waals surface area contributed by atoms with Crippen LogP contribution in [0.3, 0.4) is 0 Å². The van der Waals surface area contributed by atoms with Gasteiger partial charge in [0, 0.05) is 31.1 Å². The molecule has 0 bridgehead atoms. The number of hydrogen-bond donors (Lipinski definition) is 3. The zero-order chi connectivity index (χ0) is 15.7. The second-order valence-corrected chi connectivity index (χ2v) is 5.18. The Bertz CT molecular complexity index is 474. The van der Waals surface area contributed by atoms with Crippen LogP contribution in [0.5, 0.6) is 0 Å².